The molecule has 1 aliphatic rings. The molecule has 1 aliphatic heterocycles. The molecule has 0 atom stereocenters. The van der Waals surface area contributed by atoms with Gasteiger partial charge in [-0.25, -0.2) is 15.0 Å². The molecule has 0 saturated carbocycles. The summed E-state index contributed by atoms with van der Waals surface area (Å²) in [6, 6.07) is 3.76. The first-order chi connectivity index (χ1) is 11.7. The van der Waals surface area contributed by atoms with Gasteiger partial charge in [0.25, 0.3) is 0 Å². The van der Waals surface area contributed by atoms with Crippen molar-refractivity contribution in [2.75, 3.05) is 42.5 Å². The van der Waals surface area contributed by atoms with Gasteiger partial charge in [-0.3, -0.25) is 0 Å². The Kier molecular flexibility index (Phi) is 5.81. The monoisotopic (exact) mass is 391 g/mol. The molecule has 0 spiro atoms. The molecule has 0 amide bonds. The minimum Gasteiger partial charge on any atom is -0.393 e. The van der Waals surface area contributed by atoms with Gasteiger partial charge in [-0.05, 0) is 54.0 Å². The Morgan fingerprint density at radius 2 is 1.88 bits per heavy atom. The second-order valence-electron chi connectivity index (χ2n) is 5.80. The van der Waals surface area contributed by atoms with E-state index >= 15 is 0 Å². The number of anilines is 4. The van der Waals surface area contributed by atoms with E-state index in [9.17, 15) is 0 Å². The molecule has 4 N–H and O–H groups in total. The van der Waals surface area contributed by atoms with E-state index in [-0.39, 0.29) is 0 Å². The molecule has 128 valence electrons. The number of pyridine rings is 1. The lowest BCUT2D eigenvalue weighted by Gasteiger charge is -2.26. The van der Waals surface area contributed by atoms with Gasteiger partial charge in [0.1, 0.15) is 17.8 Å². The van der Waals surface area contributed by atoms with Crippen LogP contribution in [0, 0.1) is 0 Å². The van der Waals surface area contributed by atoms with Crippen LogP contribution < -0.4 is 16.4 Å². The zero-order valence-electron chi connectivity index (χ0n) is 13.5. The SMILES string of the molecule is Nc1c(NCCN2CCCCC2)ncnc1Nc1ccc(Br)cn1. The zero-order chi connectivity index (χ0) is 16.8. The van der Waals surface area contributed by atoms with Gasteiger partial charge < -0.3 is 21.3 Å². The first-order valence-corrected chi connectivity index (χ1v) is 8.97. The molecule has 0 radical (unpaired) electrons. The van der Waals surface area contributed by atoms with Gasteiger partial charge in [0.2, 0.25) is 0 Å². The summed E-state index contributed by atoms with van der Waals surface area (Å²) in [6.45, 7) is 4.18. The minimum atomic E-state index is 0.501. The number of nitrogen functional groups attached to an aromatic ring is 1. The standard InChI is InChI=1S/C16H22BrN7/c17-12-4-5-13(20-10-12)23-16-14(18)15(21-11-22-16)19-6-9-24-7-2-1-3-8-24/h4-5,10-11H,1-3,6-9,18H2,(H2,19,20,21,22,23). The van der Waals surface area contributed by atoms with Crippen LogP contribution in [0.25, 0.3) is 0 Å². The summed E-state index contributed by atoms with van der Waals surface area (Å²) in [5, 5.41) is 6.43. The van der Waals surface area contributed by atoms with E-state index in [2.05, 4.69) is 46.4 Å². The fourth-order valence-electron chi connectivity index (χ4n) is 2.72. The molecule has 1 saturated heterocycles. The molecule has 0 aromatic carbocycles. The van der Waals surface area contributed by atoms with Crippen molar-refractivity contribution in [2.45, 2.75) is 19.3 Å². The van der Waals surface area contributed by atoms with E-state index < -0.39 is 0 Å². The van der Waals surface area contributed by atoms with Crippen molar-refractivity contribution in [3.63, 3.8) is 0 Å². The third-order valence-corrected chi connectivity index (χ3v) is 4.50. The van der Waals surface area contributed by atoms with Crippen LogP contribution in [0.1, 0.15) is 19.3 Å². The summed E-state index contributed by atoms with van der Waals surface area (Å²) in [5.74, 6) is 1.89. The van der Waals surface area contributed by atoms with Crippen molar-refractivity contribution < 1.29 is 0 Å². The Labute approximate surface area is 150 Å². The Bertz CT molecular complexity index is 656. The van der Waals surface area contributed by atoms with Crippen LogP contribution in [0.3, 0.4) is 0 Å². The van der Waals surface area contributed by atoms with Crippen LogP contribution in [-0.2, 0) is 0 Å². The summed E-state index contributed by atoms with van der Waals surface area (Å²) in [7, 11) is 0. The second kappa shape index (κ2) is 8.25. The number of hydrogen-bond acceptors (Lipinski definition) is 7. The Hall–Kier alpha value is -1.93. The molecule has 7 nitrogen and oxygen atoms in total. The number of halogens is 1. The van der Waals surface area contributed by atoms with Gasteiger partial charge in [0.05, 0.1) is 0 Å². The van der Waals surface area contributed by atoms with Gasteiger partial charge in [0.15, 0.2) is 11.6 Å². The summed E-state index contributed by atoms with van der Waals surface area (Å²) < 4.78 is 0.920. The van der Waals surface area contributed by atoms with Gasteiger partial charge in [-0.1, -0.05) is 6.42 Å². The van der Waals surface area contributed by atoms with Gasteiger partial charge in [0, 0.05) is 23.8 Å². The van der Waals surface area contributed by atoms with Gasteiger partial charge in [-0.15, -0.1) is 0 Å². The number of likely N-dealkylation sites (tertiary alicyclic amines) is 1. The lowest BCUT2D eigenvalue weighted by atomic mass is 10.1. The van der Waals surface area contributed by atoms with E-state index in [0.29, 0.717) is 23.1 Å². The average Bonchev–Trinajstić information content (AvgIpc) is 2.61. The van der Waals surface area contributed by atoms with Crippen molar-refractivity contribution in [2.24, 2.45) is 0 Å². The quantitative estimate of drug-likeness (QED) is 0.696. The number of nitrogens with one attached hydrogen (secondary N) is 2. The molecule has 8 heteroatoms. The first kappa shape index (κ1) is 16.9. The molecule has 3 rings (SSSR count). The maximum Gasteiger partial charge on any atom is 0.160 e. The summed E-state index contributed by atoms with van der Waals surface area (Å²) >= 11 is 3.36. The molecule has 0 unspecified atom stereocenters. The summed E-state index contributed by atoms with van der Waals surface area (Å²) in [5.41, 5.74) is 6.68. The normalized spacial score (nSPS) is 15.2. The highest BCUT2D eigenvalue weighted by Crippen LogP contribution is 2.25. The lowest BCUT2D eigenvalue weighted by molar-refractivity contribution is 0.237. The second-order valence-corrected chi connectivity index (χ2v) is 6.72. The third kappa shape index (κ3) is 4.55. The predicted octanol–water partition coefficient (Wildman–Crippen LogP) is 2.86. The number of piperidine rings is 1. The molecular formula is C16H22BrN7. The minimum absolute atomic E-state index is 0.501. The molecule has 3 heterocycles. The molecule has 2 aromatic rings. The highest BCUT2D eigenvalue weighted by Gasteiger charge is 2.11. The Balaban J connectivity index is 1.59. The molecule has 2 aromatic heterocycles. The van der Waals surface area contributed by atoms with Crippen LogP contribution in [0.5, 0.6) is 0 Å². The zero-order valence-corrected chi connectivity index (χ0v) is 15.1. The van der Waals surface area contributed by atoms with E-state index in [0.717, 1.165) is 17.6 Å². The van der Waals surface area contributed by atoms with E-state index in [4.69, 9.17) is 5.73 Å². The summed E-state index contributed by atoms with van der Waals surface area (Å²) in [4.78, 5) is 15.2. The fourth-order valence-corrected chi connectivity index (χ4v) is 2.96. The van der Waals surface area contributed by atoms with Crippen molar-refractivity contribution in [3.8, 4) is 0 Å². The van der Waals surface area contributed by atoms with Crippen LogP contribution in [-0.4, -0.2) is 46.0 Å². The van der Waals surface area contributed by atoms with Gasteiger partial charge >= 0.3 is 0 Å². The molecule has 1 fully saturated rings. The maximum atomic E-state index is 6.18. The number of hydrogen-bond donors (Lipinski definition) is 3. The maximum absolute atomic E-state index is 6.18. The van der Waals surface area contributed by atoms with Crippen LogP contribution in [0.2, 0.25) is 0 Å². The molecule has 0 bridgehead atoms. The molecule has 24 heavy (non-hydrogen) atoms. The third-order valence-electron chi connectivity index (χ3n) is 4.03. The van der Waals surface area contributed by atoms with Crippen LogP contribution >= 0.6 is 15.9 Å². The largest absolute Gasteiger partial charge is 0.393 e. The molecular weight excluding hydrogens is 370 g/mol. The van der Waals surface area contributed by atoms with Crippen molar-refractivity contribution in [1.82, 2.24) is 19.9 Å². The number of aromatic nitrogens is 3. The van der Waals surface area contributed by atoms with Crippen molar-refractivity contribution in [1.29, 1.82) is 0 Å². The van der Waals surface area contributed by atoms with Crippen LogP contribution in [0.4, 0.5) is 23.1 Å². The predicted molar refractivity (Wildman–Crippen MR) is 100 cm³/mol. The topological polar surface area (TPSA) is 92.0 Å². The summed E-state index contributed by atoms with van der Waals surface area (Å²) in [6.07, 6.45) is 7.16. The first-order valence-electron chi connectivity index (χ1n) is 8.17. The van der Waals surface area contributed by atoms with E-state index in [1.54, 1.807) is 6.20 Å². The Morgan fingerprint density at radius 3 is 2.62 bits per heavy atom. The number of nitrogens with zero attached hydrogens (tertiary/aromatic N) is 4. The van der Waals surface area contributed by atoms with Crippen LogP contribution in [0.15, 0.2) is 29.1 Å². The number of nitrogens with two attached hydrogens (primary N) is 1. The lowest BCUT2D eigenvalue weighted by Crippen LogP contribution is -2.33. The molecule has 0 aliphatic carbocycles. The smallest absolute Gasteiger partial charge is 0.160 e. The van der Waals surface area contributed by atoms with E-state index in [1.807, 2.05) is 12.1 Å². The van der Waals surface area contributed by atoms with Crippen molar-refractivity contribution >= 4 is 39.1 Å². The highest BCUT2D eigenvalue weighted by molar-refractivity contribution is 9.10. The van der Waals surface area contributed by atoms with E-state index in [1.165, 1.54) is 38.7 Å². The Morgan fingerprint density at radius 1 is 1.08 bits per heavy atom. The average molecular weight is 392 g/mol. The fraction of sp³-hybridized carbons (Fsp3) is 0.438. The number of rotatable bonds is 6. The van der Waals surface area contributed by atoms with Crippen molar-refractivity contribution in [3.05, 3.63) is 29.1 Å². The highest BCUT2D eigenvalue weighted by atomic mass is 79.9. The van der Waals surface area contributed by atoms with Gasteiger partial charge in [-0.2, -0.15) is 0 Å².